The Morgan fingerprint density at radius 3 is 2.88 bits per heavy atom. The first-order valence-electron chi connectivity index (χ1n) is 7.55. The molecule has 1 aromatic heterocycles. The van der Waals surface area contributed by atoms with Gasteiger partial charge in [-0.3, -0.25) is 10.1 Å². The van der Waals surface area contributed by atoms with Crippen LogP contribution in [-0.4, -0.2) is 39.0 Å². The molecule has 0 aliphatic rings. The number of urea groups is 1. The highest BCUT2D eigenvalue weighted by Crippen LogP contribution is 2.25. The summed E-state index contributed by atoms with van der Waals surface area (Å²) >= 11 is 7.23. The van der Waals surface area contributed by atoms with Crippen molar-refractivity contribution in [3.63, 3.8) is 0 Å². The maximum Gasteiger partial charge on any atom is 0.321 e. The predicted molar refractivity (Wildman–Crippen MR) is 98.6 cm³/mol. The highest BCUT2D eigenvalue weighted by atomic mass is 35.5. The number of benzene rings is 1. The molecule has 2 aromatic rings. The van der Waals surface area contributed by atoms with E-state index in [1.165, 1.54) is 17.8 Å². The van der Waals surface area contributed by atoms with E-state index in [1.807, 2.05) is 29.7 Å². The minimum atomic E-state index is -0.554. The molecule has 1 aromatic carbocycles. The van der Waals surface area contributed by atoms with Crippen molar-refractivity contribution in [2.45, 2.75) is 18.6 Å². The standard InChI is InChI=1S/C16H18ClN5O2S/c1-3-8-18-15(24)19-13(23)10-25-16-21-20-14(22(16)4-2)11-6-5-7-12(17)9-11/h3,5-7,9H,1,4,8,10H2,2H3,(H2,18,19,23,24). The first-order chi connectivity index (χ1) is 12.0. The molecule has 0 aliphatic heterocycles. The van der Waals surface area contributed by atoms with Crippen LogP contribution < -0.4 is 10.6 Å². The van der Waals surface area contributed by atoms with E-state index in [-0.39, 0.29) is 5.75 Å². The molecule has 0 radical (unpaired) electrons. The van der Waals surface area contributed by atoms with E-state index in [9.17, 15) is 9.59 Å². The maximum absolute atomic E-state index is 11.8. The molecule has 2 N–H and O–H groups in total. The second-order valence-electron chi connectivity index (χ2n) is 4.90. The number of rotatable bonds is 7. The fraction of sp³-hybridized carbons (Fsp3) is 0.250. The predicted octanol–water partition coefficient (Wildman–Crippen LogP) is 2.72. The summed E-state index contributed by atoms with van der Waals surface area (Å²) in [4.78, 5) is 23.2. The fourth-order valence-corrected chi connectivity index (χ4v) is 3.02. The molecule has 0 unspecified atom stereocenters. The van der Waals surface area contributed by atoms with Crippen LogP contribution >= 0.6 is 23.4 Å². The minimum Gasteiger partial charge on any atom is -0.334 e. The number of carbonyl (C=O) groups is 2. The third kappa shape index (κ3) is 5.33. The second kappa shape index (κ2) is 9.24. The second-order valence-corrected chi connectivity index (χ2v) is 6.28. The first-order valence-corrected chi connectivity index (χ1v) is 8.92. The molecule has 0 aliphatic carbocycles. The van der Waals surface area contributed by atoms with Crippen LogP contribution in [0.2, 0.25) is 5.02 Å². The molecule has 0 bridgehead atoms. The molecule has 1 heterocycles. The lowest BCUT2D eigenvalue weighted by molar-refractivity contribution is -0.117. The zero-order chi connectivity index (χ0) is 18.2. The third-order valence-electron chi connectivity index (χ3n) is 3.11. The number of carbonyl (C=O) groups excluding carboxylic acids is 2. The molecule has 0 spiro atoms. The summed E-state index contributed by atoms with van der Waals surface area (Å²) in [5.41, 5.74) is 0.849. The molecule has 0 atom stereocenters. The van der Waals surface area contributed by atoms with Gasteiger partial charge in [-0.2, -0.15) is 0 Å². The van der Waals surface area contributed by atoms with Crippen LogP contribution in [0.4, 0.5) is 4.79 Å². The van der Waals surface area contributed by atoms with Crippen molar-refractivity contribution < 1.29 is 9.59 Å². The van der Waals surface area contributed by atoms with Gasteiger partial charge in [-0.25, -0.2) is 4.79 Å². The van der Waals surface area contributed by atoms with Gasteiger partial charge in [0.25, 0.3) is 0 Å². The van der Waals surface area contributed by atoms with Gasteiger partial charge < -0.3 is 9.88 Å². The Morgan fingerprint density at radius 1 is 1.40 bits per heavy atom. The molecular weight excluding hydrogens is 362 g/mol. The van der Waals surface area contributed by atoms with Crippen LogP contribution in [0.25, 0.3) is 11.4 Å². The van der Waals surface area contributed by atoms with Crippen LogP contribution in [0, 0.1) is 0 Å². The molecule has 3 amide bonds. The maximum atomic E-state index is 11.8. The van der Waals surface area contributed by atoms with Crippen LogP contribution in [0.15, 0.2) is 42.1 Å². The van der Waals surface area contributed by atoms with Gasteiger partial charge in [-0.1, -0.05) is 41.6 Å². The lowest BCUT2D eigenvalue weighted by atomic mass is 10.2. The van der Waals surface area contributed by atoms with E-state index in [0.717, 1.165) is 5.56 Å². The van der Waals surface area contributed by atoms with Gasteiger partial charge in [-0.05, 0) is 19.1 Å². The Labute approximate surface area is 154 Å². The van der Waals surface area contributed by atoms with Crippen molar-refractivity contribution >= 4 is 35.3 Å². The van der Waals surface area contributed by atoms with Gasteiger partial charge >= 0.3 is 6.03 Å². The monoisotopic (exact) mass is 379 g/mol. The van der Waals surface area contributed by atoms with Gasteiger partial charge in [0.1, 0.15) is 0 Å². The summed E-state index contributed by atoms with van der Waals surface area (Å²) in [5, 5.41) is 14.2. The molecule has 25 heavy (non-hydrogen) atoms. The van der Waals surface area contributed by atoms with Gasteiger partial charge in [0.15, 0.2) is 11.0 Å². The number of halogens is 1. The normalized spacial score (nSPS) is 10.3. The quantitative estimate of drug-likeness (QED) is 0.570. The van der Waals surface area contributed by atoms with Crippen LogP contribution in [0.5, 0.6) is 0 Å². The van der Waals surface area contributed by atoms with E-state index in [1.54, 1.807) is 6.07 Å². The molecule has 0 saturated carbocycles. The van der Waals surface area contributed by atoms with Crippen molar-refractivity contribution in [2.24, 2.45) is 0 Å². The number of aromatic nitrogens is 3. The summed E-state index contributed by atoms with van der Waals surface area (Å²) in [6.07, 6.45) is 1.53. The molecule has 2 rings (SSSR count). The van der Waals surface area contributed by atoms with Crippen LogP contribution in [-0.2, 0) is 11.3 Å². The van der Waals surface area contributed by atoms with Crippen molar-refractivity contribution in [1.82, 2.24) is 25.4 Å². The summed E-state index contributed by atoms with van der Waals surface area (Å²) in [7, 11) is 0. The van der Waals surface area contributed by atoms with E-state index in [0.29, 0.717) is 29.1 Å². The van der Waals surface area contributed by atoms with Gasteiger partial charge in [0.05, 0.1) is 5.75 Å². The van der Waals surface area contributed by atoms with Gasteiger partial charge in [0, 0.05) is 23.7 Å². The Morgan fingerprint density at radius 2 is 2.20 bits per heavy atom. The smallest absolute Gasteiger partial charge is 0.321 e. The van der Waals surface area contributed by atoms with E-state index >= 15 is 0 Å². The third-order valence-corrected chi connectivity index (χ3v) is 4.31. The van der Waals surface area contributed by atoms with E-state index in [2.05, 4.69) is 27.4 Å². The summed E-state index contributed by atoms with van der Waals surface area (Å²) in [6, 6.07) is 6.78. The number of hydrogen-bond acceptors (Lipinski definition) is 5. The van der Waals surface area contributed by atoms with Gasteiger partial charge in [-0.15, -0.1) is 16.8 Å². The van der Waals surface area contributed by atoms with E-state index in [4.69, 9.17) is 11.6 Å². The van der Waals surface area contributed by atoms with Crippen LogP contribution in [0.1, 0.15) is 6.92 Å². The Kier molecular flexibility index (Phi) is 7.03. The number of hydrogen-bond donors (Lipinski definition) is 2. The average molecular weight is 380 g/mol. The fourth-order valence-electron chi connectivity index (χ4n) is 2.02. The molecule has 9 heteroatoms. The molecule has 7 nitrogen and oxygen atoms in total. The van der Waals surface area contributed by atoms with Crippen molar-refractivity contribution in [3.05, 3.63) is 41.9 Å². The molecule has 0 saturated heterocycles. The molecule has 0 fully saturated rings. The van der Waals surface area contributed by atoms with E-state index < -0.39 is 11.9 Å². The topological polar surface area (TPSA) is 88.9 Å². The Balaban J connectivity index is 2.02. The van der Waals surface area contributed by atoms with Crippen molar-refractivity contribution in [1.29, 1.82) is 0 Å². The largest absolute Gasteiger partial charge is 0.334 e. The summed E-state index contributed by atoms with van der Waals surface area (Å²) in [5.74, 6) is 0.313. The van der Waals surface area contributed by atoms with Crippen molar-refractivity contribution in [2.75, 3.05) is 12.3 Å². The number of thioether (sulfide) groups is 1. The Bertz CT molecular complexity index is 778. The first kappa shape index (κ1) is 19.0. The highest BCUT2D eigenvalue weighted by Gasteiger charge is 2.15. The average Bonchev–Trinajstić information content (AvgIpc) is 3.01. The minimum absolute atomic E-state index is 0.0508. The zero-order valence-corrected chi connectivity index (χ0v) is 15.2. The molecule has 132 valence electrons. The number of amides is 3. The number of nitrogens with one attached hydrogen (secondary N) is 2. The highest BCUT2D eigenvalue weighted by molar-refractivity contribution is 7.99. The Hall–Kier alpha value is -2.32. The lowest BCUT2D eigenvalue weighted by Crippen LogP contribution is -2.40. The lowest BCUT2D eigenvalue weighted by Gasteiger charge is -2.08. The number of imide groups is 1. The summed E-state index contributed by atoms with van der Waals surface area (Å²) in [6.45, 7) is 6.37. The summed E-state index contributed by atoms with van der Waals surface area (Å²) < 4.78 is 1.89. The van der Waals surface area contributed by atoms with Gasteiger partial charge in [0.2, 0.25) is 5.91 Å². The molecular formula is C16H18ClN5O2S. The SMILES string of the molecule is C=CCNC(=O)NC(=O)CSc1nnc(-c2cccc(Cl)c2)n1CC. The zero-order valence-electron chi connectivity index (χ0n) is 13.7. The van der Waals surface area contributed by atoms with Crippen molar-refractivity contribution in [3.8, 4) is 11.4 Å². The number of nitrogens with zero attached hydrogens (tertiary/aromatic N) is 3. The van der Waals surface area contributed by atoms with Crippen LogP contribution in [0.3, 0.4) is 0 Å².